The van der Waals surface area contributed by atoms with Crippen molar-refractivity contribution in [1.82, 2.24) is 4.90 Å². The minimum atomic E-state index is -0.957. The van der Waals surface area contributed by atoms with Crippen LogP contribution in [0.3, 0.4) is 0 Å². The standard InChI is InChI=1S/C16H17BrFNO3/c17-12-8-10(18)5-6-11(12)15(20)19-13-4-2-1-3-9(13)7-14(19)16(21)22/h5-6,8-9,13-14H,1-4,7H2,(H,21,22). The molecule has 1 aromatic carbocycles. The van der Waals surface area contributed by atoms with Gasteiger partial charge in [-0.3, -0.25) is 4.79 Å². The van der Waals surface area contributed by atoms with E-state index in [1.807, 2.05) is 0 Å². The number of aliphatic carboxylic acids is 1. The molecule has 1 aliphatic carbocycles. The van der Waals surface area contributed by atoms with E-state index in [9.17, 15) is 19.1 Å². The highest BCUT2D eigenvalue weighted by Gasteiger charge is 2.47. The molecule has 1 aromatic rings. The Balaban J connectivity index is 1.95. The first-order valence-corrected chi connectivity index (χ1v) is 8.29. The SMILES string of the molecule is O=C(O)C1CC2CCCCC2N1C(=O)c1ccc(F)cc1Br. The summed E-state index contributed by atoms with van der Waals surface area (Å²) in [6, 6.07) is 3.08. The summed E-state index contributed by atoms with van der Waals surface area (Å²) in [5.41, 5.74) is 0.318. The first kappa shape index (κ1) is 15.5. The number of amides is 1. The Kier molecular flexibility index (Phi) is 4.21. The second-order valence-electron chi connectivity index (χ2n) is 6.04. The van der Waals surface area contributed by atoms with Crippen LogP contribution in [0.15, 0.2) is 22.7 Å². The largest absolute Gasteiger partial charge is 0.480 e. The van der Waals surface area contributed by atoms with Crippen LogP contribution >= 0.6 is 15.9 Å². The van der Waals surface area contributed by atoms with E-state index in [0.717, 1.165) is 25.7 Å². The molecule has 118 valence electrons. The van der Waals surface area contributed by atoms with Crippen LogP contribution in [-0.4, -0.2) is 34.0 Å². The van der Waals surface area contributed by atoms with Gasteiger partial charge in [0.25, 0.3) is 5.91 Å². The summed E-state index contributed by atoms with van der Waals surface area (Å²) in [7, 11) is 0. The van der Waals surface area contributed by atoms with Crippen LogP contribution < -0.4 is 0 Å². The predicted molar refractivity (Wildman–Crippen MR) is 82.1 cm³/mol. The van der Waals surface area contributed by atoms with Crippen LogP contribution in [0, 0.1) is 11.7 Å². The highest BCUT2D eigenvalue weighted by Crippen LogP contribution is 2.41. The quantitative estimate of drug-likeness (QED) is 0.868. The molecule has 0 radical (unpaired) electrons. The van der Waals surface area contributed by atoms with Gasteiger partial charge in [-0.25, -0.2) is 9.18 Å². The third kappa shape index (κ3) is 2.64. The number of carboxylic acids is 1. The molecule has 6 heteroatoms. The number of carbonyl (C=O) groups excluding carboxylic acids is 1. The van der Waals surface area contributed by atoms with Gasteiger partial charge < -0.3 is 10.0 Å². The van der Waals surface area contributed by atoms with Crippen LogP contribution in [0.4, 0.5) is 4.39 Å². The van der Waals surface area contributed by atoms with Gasteiger partial charge in [-0.15, -0.1) is 0 Å². The fourth-order valence-corrected chi connectivity index (χ4v) is 4.30. The predicted octanol–water partition coefficient (Wildman–Crippen LogP) is 3.45. The normalized spacial score (nSPS) is 27.5. The lowest BCUT2D eigenvalue weighted by Gasteiger charge is -2.33. The Morgan fingerprint density at radius 3 is 2.68 bits per heavy atom. The summed E-state index contributed by atoms with van der Waals surface area (Å²) >= 11 is 3.20. The van der Waals surface area contributed by atoms with Crippen molar-refractivity contribution < 1.29 is 19.1 Å². The molecule has 1 amide bonds. The number of nitrogens with zero attached hydrogens (tertiary/aromatic N) is 1. The maximum Gasteiger partial charge on any atom is 0.326 e. The molecule has 1 saturated heterocycles. The number of carboxylic acid groups (broad SMARTS) is 1. The van der Waals surface area contributed by atoms with Crippen LogP contribution in [0.1, 0.15) is 42.5 Å². The highest BCUT2D eigenvalue weighted by atomic mass is 79.9. The molecule has 1 heterocycles. The number of likely N-dealkylation sites (tertiary alicyclic amines) is 1. The molecule has 0 aromatic heterocycles. The Morgan fingerprint density at radius 1 is 1.27 bits per heavy atom. The lowest BCUT2D eigenvalue weighted by molar-refractivity contribution is -0.141. The van der Waals surface area contributed by atoms with Crippen molar-refractivity contribution in [2.75, 3.05) is 0 Å². The summed E-state index contributed by atoms with van der Waals surface area (Å²) in [5.74, 6) is -1.46. The molecule has 2 fully saturated rings. The summed E-state index contributed by atoms with van der Waals surface area (Å²) < 4.78 is 13.6. The fraction of sp³-hybridized carbons (Fsp3) is 0.500. The van der Waals surface area contributed by atoms with Crippen LogP contribution in [-0.2, 0) is 4.79 Å². The maximum absolute atomic E-state index is 13.2. The zero-order valence-corrected chi connectivity index (χ0v) is 13.6. The molecular weight excluding hydrogens is 353 g/mol. The van der Waals surface area contributed by atoms with E-state index < -0.39 is 17.8 Å². The van der Waals surface area contributed by atoms with E-state index >= 15 is 0 Å². The van der Waals surface area contributed by atoms with Crippen molar-refractivity contribution in [3.05, 3.63) is 34.1 Å². The Morgan fingerprint density at radius 2 is 2.00 bits per heavy atom. The number of benzene rings is 1. The second kappa shape index (κ2) is 5.99. The molecule has 3 atom stereocenters. The monoisotopic (exact) mass is 369 g/mol. The fourth-order valence-electron chi connectivity index (χ4n) is 3.77. The molecule has 22 heavy (non-hydrogen) atoms. The average Bonchev–Trinajstić information content (AvgIpc) is 2.86. The first-order chi connectivity index (χ1) is 10.5. The van der Waals surface area contributed by atoms with Crippen LogP contribution in [0.2, 0.25) is 0 Å². The highest BCUT2D eigenvalue weighted by molar-refractivity contribution is 9.10. The minimum absolute atomic E-state index is 0.0145. The summed E-state index contributed by atoms with van der Waals surface area (Å²) in [5, 5.41) is 9.47. The summed E-state index contributed by atoms with van der Waals surface area (Å²) in [6.45, 7) is 0. The number of hydrogen-bond donors (Lipinski definition) is 1. The summed E-state index contributed by atoms with van der Waals surface area (Å²) in [4.78, 5) is 25.9. The van der Waals surface area contributed by atoms with Crippen LogP contribution in [0.5, 0.6) is 0 Å². The molecule has 2 aliphatic rings. The van der Waals surface area contributed by atoms with E-state index in [1.54, 1.807) is 0 Å². The van der Waals surface area contributed by atoms with Gasteiger partial charge in [0.05, 0.1) is 5.56 Å². The van der Waals surface area contributed by atoms with Crippen molar-refractivity contribution >= 4 is 27.8 Å². The molecule has 1 aliphatic heterocycles. The molecule has 1 N–H and O–H groups in total. The molecule has 1 saturated carbocycles. The van der Waals surface area contributed by atoms with E-state index in [2.05, 4.69) is 15.9 Å². The minimum Gasteiger partial charge on any atom is -0.480 e. The van der Waals surface area contributed by atoms with Gasteiger partial charge in [0.2, 0.25) is 0 Å². The van der Waals surface area contributed by atoms with Crippen molar-refractivity contribution in [3.63, 3.8) is 0 Å². The third-order valence-corrected chi connectivity index (χ3v) is 5.43. The zero-order chi connectivity index (χ0) is 15.9. The number of hydrogen-bond acceptors (Lipinski definition) is 2. The van der Waals surface area contributed by atoms with Crippen LogP contribution in [0.25, 0.3) is 0 Å². The maximum atomic E-state index is 13.2. The lowest BCUT2D eigenvalue weighted by atomic mass is 9.84. The number of halogens is 2. The smallest absolute Gasteiger partial charge is 0.326 e. The summed E-state index contributed by atoms with van der Waals surface area (Å²) in [6.07, 6.45) is 4.45. The van der Waals surface area contributed by atoms with Gasteiger partial charge in [0.15, 0.2) is 0 Å². The van der Waals surface area contributed by atoms with Gasteiger partial charge in [-0.2, -0.15) is 0 Å². The Hall–Kier alpha value is -1.43. The molecule has 0 bridgehead atoms. The Labute approximate surface area is 136 Å². The second-order valence-corrected chi connectivity index (χ2v) is 6.89. The Bertz CT molecular complexity index is 621. The van der Waals surface area contributed by atoms with Crippen molar-refractivity contribution in [2.24, 2.45) is 5.92 Å². The van der Waals surface area contributed by atoms with Crippen molar-refractivity contribution in [3.8, 4) is 0 Å². The van der Waals surface area contributed by atoms with Gasteiger partial charge in [0, 0.05) is 10.5 Å². The number of carbonyl (C=O) groups is 2. The number of rotatable bonds is 2. The lowest BCUT2D eigenvalue weighted by Crippen LogP contribution is -2.46. The zero-order valence-electron chi connectivity index (χ0n) is 12.0. The van der Waals surface area contributed by atoms with Crippen molar-refractivity contribution in [1.29, 1.82) is 0 Å². The van der Waals surface area contributed by atoms with Crippen molar-refractivity contribution in [2.45, 2.75) is 44.2 Å². The van der Waals surface area contributed by atoms with Gasteiger partial charge in [-0.05, 0) is 59.3 Å². The van der Waals surface area contributed by atoms with E-state index in [0.29, 0.717) is 16.5 Å². The molecule has 3 rings (SSSR count). The van der Waals surface area contributed by atoms with Gasteiger partial charge in [-0.1, -0.05) is 12.8 Å². The molecular formula is C16H17BrFNO3. The topological polar surface area (TPSA) is 57.6 Å². The molecule has 0 spiro atoms. The number of fused-ring (bicyclic) bond motifs is 1. The van der Waals surface area contributed by atoms with E-state index in [4.69, 9.17) is 0 Å². The van der Waals surface area contributed by atoms with E-state index in [1.165, 1.54) is 23.1 Å². The molecule has 4 nitrogen and oxygen atoms in total. The van der Waals surface area contributed by atoms with Gasteiger partial charge in [0.1, 0.15) is 11.9 Å². The van der Waals surface area contributed by atoms with E-state index in [-0.39, 0.29) is 17.9 Å². The third-order valence-electron chi connectivity index (χ3n) is 4.77. The molecule has 3 unspecified atom stereocenters. The first-order valence-electron chi connectivity index (χ1n) is 7.49. The van der Waals surface area contributed by atoms with Gasteiger partial charge >= 0.3 is 5.97 Å². The average molecular weight is 370 g/mol.